The topological polar surface area (TPSA) is 58.4 Å². The van der Waals surface area contributed by atoms with E-state index in [-0.39, 0.29) is 12.3 Å². The zero-order valence-electron chi connectivity index (χ0n) is 9.09. The van der Waals surface area contributed by atoms with Crippen LogP contribution in [-0.2, 0) is 11.3 Å². The molecule has 1 fully saturated rings. The van der Waals surface area contributed by atoms with Gasteiger partial charge in [0.15, 0.2) is 0 Å². The first kappa shape index (κ1) is 12.0. The lowest BCUT2D eigenvalue weighted by molar-refractivity contribution is -0.139. The predicted octanol–water partition coefficient (Wildman–Crippen LogP) is 1.18. The lowest BCUT2D eigenvalue weighted by atomic mass is 9.96. The maximum Gasteiger partial charge on any atom is 0.319 e. The molecule has 1 aliphatic heterocycles. The Kier molecular flexibility index (Phi) is 3.37. The quantitative estimate of drug-likeness (QED) is 0.846. The number of carboxylic acid groups (broad SMARTS) is 1. The number of hydrogen-bond acceptors (Lipinski definition) is 3. The van der Waals surface area contributed by atoms with Gasteiger partial charge in [0.25, 0.3) is 0 Å². The molecule has 1 N–H and O–H groups in total. The third-order valence-corrected chi connectivity index (χ3v) is 2.82. The van der Waals surface area contributed by atoms with Crippen molar-refractivity contribution in [2.24, 2.45) is 5.92 Å². The molecule has 2 rings (SSSR count). The van der Waals surface area contributed by atoms with Gasteiger partial charge < -0.3 is 5.11 Å². The summed E-state index contributed by atoms with van der Waals surface area (Å²) in [6, 6.07) is 0. The highest BCUT2D eigenvalue weighted by atomic mass is 19.3. The van der Waals surface area contributed by atoms with E-state index >= 15 is 0 Å². The minimum absolute atomic E-state index is 0.127. The third kappa shape index (κ3) is 2.79. The van der Waals surface area contributed by atoms with Crippen LogP contribution in [0.25, 0.3) is 0 Å². The van der Waals surface area contributed by atoms with Gasteiger partial charge in [-0.15, -0.1) is 0 Å². The van der Waals surface area contributed by atoms with Crippen LogP contribution in [0.5, 0.6) is 0 Å². The van der Waals surface area contributed by atoms with Crippen LogP contribution in [0.3, 0.4) is 0 Å². The summed E-state index contributed by atoms with van der Waals surface area (Å²) in [7, 11) is 0. The fraction of sp³-hybridized carbons (Fsp3) is 0.600. The van der Waals surface area contributed by atoms with Gasteiger partial charge in [0.1, 0.15) is 5.82 Å². The van der Waals surface area contributed by atoms with Crippen LogP contribution in [0.15, 0.2) is 12.4 Å². The molecule has 0 saturated carbocycles. The number of carboxylic acids is 1. The SMILES string of the molecule is O=C(O)CC1CN(Cc2nccn2C(F)F)C1. The average Bonchev–Trinajstić information content (AvgIpc) is 2.61. The molecule has 0 amide bonds. The molecule has 0 aromatic carbocycles. The molecule has 1 aliphatic rings. The lowest BCUT2D eigenvalue weighted by Crippen LogP contribution is -2.47. The van der Waals surface area contributed by atoms with Crippen LogP contribution >= 0.6 is 0 Å². The summed E-state index contributed by atoms with van der Waals surface area (Å²) in [5, 5.41) is 8.57. The normalized spacial score (nSPS) is 17.4. The largest absolute Gasteiger partial charge is 0.481 e. The van der Waals surface area contributed by atoms with Crippen molar-refractivity contribution in [1.29, 1.82) is 0 Å². The second-order valence-corrected chi connectivity index (χ2v) is 4.19. The van der Waals surface area contributed by atoms with E-state index in [9.17, 15) is 13.6 Å². The second-order valence-electron chi connectivity index (χ2n) is 4.19. The molecule has 2 heterocycles. The molecule has 0 aliphatic carbocycles. The Balaban J connectivity index is 1.83. The number of carbonyl (C=O) groups is 1. The number of alkyl halides is 2. The Bertz CT molecular complexity index is 402. The average molecular weight is 245 g/mol. The van der Waals surface area contributed by atoms with Crippen LogP contribution in [0.1, 0.15) is 18.8 Å². The Hall–Kier alpha value is -1.50. The van der Waals surface area contributed by atoms with E-state index in [1.807, 2.05) is 4.90 Å². The first-order valence-electron chi connectivity index (χ1n) is 5.30. The zero-order chi connectivity index (χ0) is 12.4. The fourth-order valence-corrected chi connectivity index (χ4v) is 2.03. The maximum atomic E-state index is 12.5. The van der Waals surface area contributed by atoms with Gasteiger partial charge in [-0.25, -0.2) is 4.98 Å². The minimum atomic E-state index is -2.58. The summed E-state index contributed by atoms with van der Waals surface area (Å²) in [6.45, 7) is -0.985. The number of aromatic nitrogens is 2. The number of aliphatic carboxylic acids is 1. The summed E-state index contributed by atoms with van der Waals surface area (Å²) in [4.78, 5) is 16.2. The summed E-state index contributed by atoms with van der Waals surface area (Å²) in [5.74, 6) is -0.375. The molecule has 0 radical (unpaired) electrons. The summed E-state index contributed by atoms with van der Waals surface area (Å²) in [5.41, 5.74) is 0. The van der Waals surface area contributed by atoms with Crippen LogP contribution in [0.2, 0.25) is 0 Å². The number of imidazole rings is 1. The molecule has 0 unspecified atom stereocenters. The molecule has 1 aromatic heterocycles. The minimum Gasteiger partial charge on any atom is -0.481 e. The van der Waals surface area contributed by atoms with Gasteiger partial charge in [0.05, 0.1) is 13.0 Å². The van der Waals surface area contributed by atoms with E-state index in [4.69, 9.17) is 5.11 Å². The van der Waals surface area contributed by atoms with Gasteiger partial charge in [-0.3, -0.25) is 14.3 Å². The molecule has 7 heteroatoms. The van der Waals surface area contributed by atoms with E-state index in [2.05, 4.69) is 4.98 Å². The van der Waals surface area contributed by atoms with Crippen LogP contribution in [-0.4, -0.2) is 38.6 Å². The Morgan fingerprint density at radius 1 is 1.59 bits per heavy atom. The number of hydrogen-bond donors (Lipinski definition) is 1. The molecular weight excluding hydrogens is 232 g/mol. The highest BCUT2D eigenvalue weighted by Gasteiger charge is 2.29. The van der Waals surface area contributed by atoms with Crippen molar-refractivity contribution in [1.82, 2.24) is 14.5 Å². The number of likely N-dealkylation sites (tertiary alicyclic amines) is 1. The fourth-order valence-electron chi connectivity index (χ4n) is 2.03. The Morgan fingerprint density at radius 2 is 2.29 bits per heavy atom. The van der Waals surface area contributed by atoms with Gasteiger partial charge in [-0.1, -0.05) is 0 Å². The molecule has 1 aromatic rings. The molecule has 0 atom stereocenters. The van der Waals surface area contributed by atoms with Crippen molar-refractivity contribution >= 4 is 5.97 Å². The molecule has 0 spiro atoms. The van der Waals surface area contributed by atoms with E-state index in [0.717, 1.165) is 4.57 Å². The molecule has 5 nitrogen and oxygen atoms in total. The molecule has 1 saturated heterocycles. The third-order valence-electron chi connectivity index (χ3n) is 2.82. The van der Waals surface area contributed by atoms with Crippen molar-refractivity contribution in [2.75, 3.05) is 13.1 Å². The van der Waals surface area contributed by atoms with Crippen LogP contribution < -0.4 is 0 Å². The molecule has 17 heavy (non-hydrogen) atoms. The van der Waals surface area contributed by atoms with Crippen LogP contribution in [0, 0.1) is 5.92 Å². The van der Waals surface area contributed by atoms with E-state index in [1.165, 1.54) is 12.4 Å². The first-order valence-corrected chi connectivity index (χ1v) is 5.30. The van der Waals surface area contributed by atoms with Crippen molar-refractivity contribution < 1.29 is 18.7 Å². The maximum absolute atomic E-state index is 12.5. The standard InChI is InChI=1S/C10H13F2N3O2/c11-10(12)15-2-1-13-8(15)6-14-4-7(5-14)3-9(16)17/h1-2,7,10H,3-6H2,(H,16,17). The van der Waals surface area contributed by atoms with E-state index in [0.29, 0.717) is 25.5 Å². The number of halogens is 2. The van der Waals surface area contributed by atoms with Gasteiger partial charge in [-0.05, 0) is 5.92 Å². The highest BCUT2D eigenvalue weighted by molar-refractivity contribution is 5.67. The van der Waals surface area contributed by atoms with Gasteiger partial charge >= 0.3 is 12.5 Å². The van der Waals surface area contributed by atoms with E-state index < -0.39 is 12.5 Å². The molecule has 0 bridgehead atoms. The van der Waals surface area contributed by atoms with Crippen molar-refractivity contribution in [2.45, 2.75) is 19.5 Å². The Morgan fingerprint density at radius 3 is 2.88 bits per heavy atom. The number of nitrogens with zero attached hydrogens (tertiary/aromatic N) is 3. The summed E-state index contributed by atoms with van der Waals surface area (Å²) in [6.07, 6.45) is 2.73. The first-order chi connectivity index (χ1) is 8.06. The van der Waals surface area contributed by atoms with E-state index in [1.54, 1.807) is 0 Å². The van der Waals surface area contributed by atoms with Crippen molar-refractivity contribution in [3.05, 3.63) is 18.2 Å². The van der Waals surface area contributed by atoms with Gasteiger partial charge in [-0.2, -0.15) is 8.78 Å². The van der Waals surface area contributed by atoms with Crippen LogP contribution in [0.4, 0.5) is 8.78 Å². The van der Waals surface area contributed by atoms with Gasteiger partial charge in [0, 0.05) is 25.5 Å². The predicted molar refractivity (Wildman–Crippen MR) is 54.5 cm³/mol. The highest BCUT2D eigenvalue weighted by Crippen LogP contribution is 2.22. The summed E-state index contributed by atoms with van der Waals surface area (Å²) >= 11 is 0. The Labute approximate surface area is 96.7 Å². The monoisotopic (exact) mass is 245 g/mol. The number of rotatable bonds is 5. The lowest BCUT2D eigenvalue weighted by Gasteiger charge is -2.38. The smallest absolute Gasteiger partial charge is 0.319 e. The zero-order valence-corrected chi connectivity index (χ0v) is 9.09. The second kappa shape index (κ2) is 4.79. The van der Waals surface area contributed by atoms with Crippen molar-refractivity contribution in [3.63, 3.8) is 0 Å². The van der Waals surface area contributed by atoms with Gasteiger partial charge in [0.2, 0.25) is 0 Å². The molecule has 94 valence electrons. The van der Waals surface area contributed by atoms with Crippen molar-refractivity contribution in [3.8, 4) is 0 Å². The summed E-state index contributed by atoms with van der Waals surface area (Å²) < 4.78 is 25.8. The molecular formula is C10H13F2N3O2.